The number of carbonyl (C=O) groups excluding carboxylic acids is 1. The molecule has 1 aromatic heterocycles. The lowest BCUT2D eigenvalue weighted by Gasteiger charge is -2.06. The summed E-state index contributed by atoms with van der Waals surface area (Å²) in [5, 5.41) is 4.49. The number of carbonyl (C=O) groups is 1. The van der Waals surface area contributed by atoms with E-state index in [9.17, 15) is 4.79 Å². The number of furan rings is 1. The van der Waals surface area contributed by atoms with E-state index in [0.29, 0.717) is 10.8 Å². The fourth-order valence-corrected chi connectivity index (χ4v) is 2.58. The molecule has 2 rings (SSSR count). The first kappa shape index (κ1) is 15.7. The van der Waals surface area contributed by atoms with Crippen LogP contribution in [0, 0.1) is 6.92 Å². The van der Waals surface area contributed by atoms with Gasteiger partial charge in [-0.1, -0.05) is 11.6 Å². The van der Waals surface area contributed by atoms with Crippen molar-refractivity contribution in [3.63, 3.8) is 0 Å². The Morgan fingerprint density at radius 2 is 2.24 bits per heavy atom. The highest BCUT2D eigenvalue weighted by Gasteiger charge is 2.08. The van der Waals surface area contributed by atoms with Gasteiger partial charge in [-0.2, -0.15) is 5.10 Å². The molecular formula is C15H15ClN2O2S. The predicted octanol–water partition coefficient (Wildman–Crippen LogP) is 3.66. The van der Waals surface area contributed by atoms with Crippen LogP contribution in [-0.2, 0) is 11.2 Å². The van der Waals surface area contributed by atoms with E-state index >= 15 is 0 Å². The average molecular weight is 323 g/mol. The first-order valence-corrected chi connectivity index (χ1v) is 7.89. The van der Waals surface area contributed by atoms with Crippen molar-refractivity contribution in [1.29, 1.82) is 0 Å². The number of aryl methyl sites for hydroxylation is 1. The zero-order valence-electron chi connectivity index (χ0n) is 11.7. The van der Waals surface area contributed by atoms with E-state index in [4.69, 9.17) is 16.0 Å². The van der Waals surface area contributed by atoms with E-state index in [-0.39, 0.29) is 12.3 Å². The quantitative estimate of drug-likeness (QED) is 0.519. The summed E-state index contributed by atoms with van der Waals surface area (Å²) < 4.78 is 5.31. The number of amides is 1. The van der Waals surface area contributed by atoms with Crippen molar-refractivity contribution < 1.29 is 9.21 Å². The zero-order valence-corrected chi connectivity index (χ0v) is 13.3. The number of nitrogens with zero attached hydrogens (tertiary/aromatic N) is 1. The molecule has 0 saturated carbocycles. The lowest BCUT2D eigenvalue weighted by Crippen LogP contribution is -2.20. The molecule has 0 saturated heterocycles. The highest BCUT2D eigenvalue weighted by atomic mass is 35.5. The van der Waals surface area contributed by atoms with Crippen molar-refractivity contribution in [1.82, 2.24) is 5.43 Å². The van der Waals surface area contributed by atoms with Gasteiger partial charge in [-0.3, -0.25) is 4.79 Å². The van der Waals surface area contributed by atoms with Gasteiger partial charge in [0.25, 0.3) is 0 Å². The van der Waals surface area contributed by atoms with Gasteiger partial charge in [-0.25, -0.2) is 5.43 Å². The number of nitrogens with one attached hydrogen (secondary N) is 1. The molecular weight excluding hydrogens is 308 g/mol. The first-order valence-electron chi connectivity index (χ1n) is 6.29. The molecule has 1 N–H and O–H groups in total. The summed E-state index contributed by atoms with van der Waals surface area (Å²) in [6.45, 7) is 1.85. The van der Waals surface area contributed by atoms with Crippen LogP contribution >= 0.6 is 23.4 Å². The molecule has 0 aliphatic heterocycles. The van der Waals surface area contributed by atoms with Crippen LogP contribution in [0.1, 0.15) is 17.1 Å². The molecule has 2 aromatic rings. The fraction of sp³-hybridized carbons (Fsp3) is 0.200. The number of hydrogen-bond donors (Lipinski definition) is 1. The lowest BCUT2D eigenvalue weighted by atomic mass is 10.1. The minimum absolute atomic E-state index is 0.202. The third-order valence-corrected chi connectivity index (χ3v) is 3.81. The second kappa shape index (κ2) is 7.33. The standard InChI is InChI=1S/C15H15ClN2O2S/c1-10-3-5-13(20-10)9-17-18-15(19)8-11-7-12(16)4-6-14(11)21-2/h3-7,9H,8H2,1-2H3,(H,18,19)/b17-9-. The van der Waals surface area contributed by atoms with Crippen molar-refractivity contribution in [3.05, 3.63) is 52.4 Å². The highest BCUT2D eigenvalue weighted by Crippen LogP contribution is 2.24. The molecule has 0 spiro atoms. The number of thioether (sulfide) groups is 1. The number of rotatable bonds is 5. The highest BCUT2D eigenvalue weighted by molar-refractivity contribution is 7.98. The van der Waals surface area contributed by atoms with Gasteiger partial charge in [0.05, 0.1) is 12.6 Å². The van der Waals surface area contributed by atoms with Gasteiger partial charge in [-0.05, 0) is 49.1 Å². The van der Waals surface area contributed by atoms with Crippen LogP contribution in [0.3, 0.4) is 0 Å². The summed E-state index contributed by atoms with van der Waals surface area (Å²) in [5.41, 5.74) is 3.36. The summed E-state index contributed by atoms with van der Waals surface area (Å²) in [5.74, 6) is 1.19. The average Bonchev–Trinajstić information content (AvgIpc) is 2.85. The third-order valence-electron chi connectivity index (χ3n) is 2.74. The minimum Gasteiger partial charge on any atom is -0.460 e. The monoisotopic (exact) mass is 322 g/mol. The fourth-order valence-electron chi connectivity index (χ4n) is 1.79. The SMILES string of the molecule is CSc1ccc(Cl)cc1CC(=O)N/N=C\c1ccc(C)o1. The van der Waals surface area contributed by atoms with Gasteiger partial charge < -0.3 is 4.42 Å². The van der Waals surface area contributed by atoms with E-state index in [1.54, 1.807) is 23.9 Å². The molecule has 1 amide bonds. The molecule has 1 aromatic carbocycles. The van der Waals surface area contributed by atoms with Gasteiger partial charge in [0.2, 0.25) is 5.91 Å². The summed E-state index contributed by atoms with van der Waals surface area (Å²) in [4.78, 5) is 12.9. The number of hydrogen-bond acceptors (Lipinski definition) is 4. The normalized spacial score (nSPS) is 11.0. The summed E-state index contributed by atoms with van der Waals surface area (Å²) in [6, 6.07) is 9.14. The lowest BCUT2D eigenvalue weighted by molar-refractivity contribution is -0.120. The number of hydrazone groups is 1. The van der Waals surface area contributed by atoms with Crippen LogP contribution in [0.5, 0.6) is 0 Å². The van der Waals surface area contributed by atoms with Crippen molar-refractivity contribution >= 4 is 35.5 Å². The number of halogens is 1. The van der Waals surface area contributed by atoms with Crippen molar-refractivity contribution in [2.24, 2.45) is 5.10 Å². The smallest absolute Gasteiger partial charge is 0.244 e. The first-order chi connectivity index (χ1) is 10.1. The molecule has 0 aliphatic carbocycles. The Morgan fingerprint density at radius 3 is 2.90 bits per heavy atom. The van der Waals surface area contributed by atoms with E-state index in [2.05, 4.69) is 10.5 Å². The molecule has 0 fully saturated rings. The second-order valence-electron chi connectivity index (χ2n) is 4.37. The Balaban J connectivity index is 1.95. The Labute approximate surface area is 132 Å². The van der Waals surface area contributed by atoms with Gasteiger partial charge in [0.15, 0.2) is 0 Å². The van der Waals surface area contributed by atoms with Crippen molar-refractivity contribution in [3.8, 4) is 0 Å². The minimum atomic E-state index is -0.202. The summed E-state index contributed by atoms with van der Waals surface area (Å²) in [6.07, 6.45) is 3.66. The molecule has 0 aliphatic rings. The second-order valence-corrected chi connectivity index (χ2v) is 5.66. The number of benzene rings is 1. The summed E-state index contributed by atoms with van der Waals surface area (Å²) in [7, 11) is 0. The molecule has 0 unspecified atom stereocenters. The summed E-state index contributed by atoms with van der Waals surface area (Å²) >= 11 is 7.54. The van der Waals surface area contributed by atoms with E-state index in [0.717, 1.165) is 16.2 Å². The molecule has 0 radical (unpaired) electrons. The van der Waals surface area contributed by atoms with Crippen LogP contribution in [0.2, 0.25) is 5.02 Å². The van der Waals surface area contributed by atoms with Gasteiger partial charge >= 0.3 is 0 Å². The Kier molecular flexibility index (Phi) is 5.47. The van der Waals surface area contributed by atoms with E-state index < -0.39 is 0 Å². The third kappa shape index (κ3) is 4.65. The van der Waals surface area contributed by atoms with Crippen LogP contribution in [-0.4, -0.2) is 18.4 Å². The van der Waals surface area contributed by atoms with Gasteiger partial charge in [-0.15, -0.1) is 11.8 Å². The maximum absolute atomic E-state index is 11.9. The largest absolute Gasteiger partial charge is 0.460 e. The zero-order chi connectivity index (χ0) is 15.2. The van der Waals surface area contributed by atoms with Gasteiger partial charge in [0, 0.05) is 9.92 Å². The molecule has 0 bridgehead atoms. The Hall–Kier alpha value is -1.72. The predicted molar refractivity (Wildman–Crippen MR) is 86.1 cm³/mol. The van der Waals surface area contributed by atoms with Crippen molar-refractivity contribution in [2.75, 3.05) is 6.26 Å². The van der Waals surface area contributed by atoms with Crippen LogP contribution < -0.4 is 5.43 Å². The molecule has 21 heavy (non-hydrogen) atoms. The van der Waals surface area contributed by atoms with E-state index in [1.807, 2.05) is 31.4 Å². The Morgan fingerprint density at radius 1 is 1.43 bits per heavy atom. The Bertz CT molecular complexity index is 667. The van der Waals surface area contributed by atoms with Crippen LogP contribution in [0.4, 0.5) is 0 Å². The maximum atomic E-state index is 11.9. The molecule has 1 heterocycles. The topological polar surface area (TPSA) is 54.6 Å². The van der Waals surface area contributed by atoms with Crippen molar-refractivity contribution in [2.45, 2.75) is 18.2 Å². The van der Waals surface area contributed by atoms with Gasteiger partial charge in [0.1, 0.15) is 11.5 Å². The van der Waals surface area contributed by atoms with E-state index in [1.165, 1.54) is 6.21 Å². The molecule has 6 heteroatoms. The molecule has 4 nitrogen and oxygen atoms in total. The molecule has 110 valence electrons. The maximum Gasteiger partial charge on any atom is 0.244 e. The van der Waals surface area contributed by atoms with Crippen LogP contribution in [0.15, 0.2) is 44.7 Å². The van der Waals surface area contributed by atoms with Crippen LogP contribution in [0.25, 0.3) is 0 Å². The molecule has 0 atom stereocenters.